The van der Waals surface area contributed by atoms with Crippen LogP contribution in [0.3, 0.4) is 0 Å². The van der Waals surface area contributed by atoms with Gasteiger partial charge in [0.25, 0.3) is 0 Å². The van der Waals surface area contributed by atoms with Gasteiger partial charge in [0.05, 0.1) is 16.9 Å². The molecule has 0 radical (unpaired) electrons. The van der Waals surface area contributed by atoms with Crippen molar-refractivity contribution in [3.63, 3.8) is 0 Å². The van der Waals surface area contributed by atoms with Gasteiger partial charge in [0.1, 0.15) is 0 Å². The minimum Gasteiger partial charge on any atom is -0.293 e. The van der Waals surface area contributed by atoms with E-state index in [-0.39, 0.29) is 11.6 Å². The van der Waals surface area contributed by atoms with E-state index in [0.29, 0.717) is 21.2 Å². The van der Waals surface area contributed by atoms with Gasteiger partial charge in [-0.15, -0.1) is 0 Å². The number of allylic oxidation sites excluding steroid dienone is 4. The molecule has 0 aliphatic heterocycles. The SMILES string of the molecule is O=C1c2c(Cl)cccc2C(=O)C2C(Cl)=CC=CC12. The molecule has 0 saturated heterocycles. The first kappa shape index (κ1) is 11.7. The third-order valence-electron chi connectivity index (χ3n) is 3.34. The van der Waals surface area contributed by atoms with E-state index in [1.54, 1.807) is 36.4 Å². The molecule has 0 heterocycles. The smallest absolute Gasteiger partial charge is 0.173 e. The van der Waals surface area contributed by atoms with Crippen molar-refractivity contribution < 1.29 is 9.59 Å². The molecule has 2 aliphatic rings. The maximum atomic E-state index is 12.4. The molecule has 0 aromatic heterocycles. The van der Waals surface area contributed by atoms with Gasteiger partial charge < -0.3 is 0 Å². The molecule has 0 bridgehead atoms. The highest BCUT2D eigenvalue weighted by Gasteiger charge is 2.43. The van der Waals surface area contributed by atoms with Crippen molar-refractivity contribution >= 4 is 34.8 Å². The Balaban J connectivity index is 2.25. The highest BCUT2D eigenvalue weighted by atomic mass is 35.5. The number of ketones is 2. The Bertz CT molecular complexity index is 629. The predicted octanol–water partition coefficient (Wildman–Crippen LogP) is 3.64. The van der Waals surface area contributed by atoms with E-state index in [1.807, 2.05) is 0 Å². The van der Waals surface area contributed by atoms with Crippen LogP contribution in [-0.4, -0.2) is 11.6 Å². The minimum atomic E-state index is -0.588. The molecular formula is C14H8Cl2O2. The van der Waals surface area contributed by atoms with E-state index < -0.39 is 11.8 Å². The van der Waals surface area contributed by atoms with E-state index in [9.17, 15) is 9.59 Å². The zero-order valence-electron chi connectivity index (χ0n) is 9.19. The Morgan fingerprint density at radius 1 is 1.06 bits per heavy atom. The van der Waals surface area contributed by atoms with Gasteiger partial charge in [-0.3, -0.25) is 9.59 Å². The first-order chi connectivity index (χ1) is 8.61. The maximum Gasteiger partial charge on any atom is 0.173 e. The van der Waals surface area contributed by atoms with E-state index in [2.05, 4.69) is 0 Å². The largest absolute Gasteiger partial charge is 0.293 e. The maximum absolute atomic E-state index is 12.4. The van der Waals surface area contributed by atoms with Crippen molar-refractivity contribution in [2.24, 2.45) is 11.8 Å². The number of Topliss-reactive ketones (excluding diaryl/α,β-unsaturated/α-hetero) is 2. The molecular weight excluding hydrogens is 271 g/mol. The molecule has 2 nitrogen and oxygen atoms in total. The summed E-state index contributed by atoms with van der Waals surface area (Å²) in [6.45, 7) is 0. The third-order valence-corrected chi connectivity index (χ3v) is 4.02. The highest BCUT2D eigenvalue weighted by molar-refractivity contribution is 6.38. The summed E-state index contributed by atoms with van der Waals surface area (Å²) >= 11 is 12.1. The summed E-state index contributed by atoms with van der Waals surface area (Å²) in [4.78, 5) is 24.8. The quantitative estimate of drug-likeness (QED) is 0.726. The molecule has 0 spiro atoms. The van der Waals surface area contributed by atoms with Gasteiger partial charge in [-0.2, -0.15) is 0 Å². The Kier molecular flexibility index (Phi) is 2.65. The third kappa shape index (κ3) is 1.49. The lowest BCUT2D eigenvalue weighted by Gasteiger charge is -2.30. The van der Waals surface area contributed by atoms with E-state index >= 15 is 0 Å². The van der Waals surface area contributed by atoms with Crippen LogP contribution in [0, 0.1) is 11.8 Å². The Hall–Kier alpha value is -1.38. The molecule has 0 N–H and O–H groups in total. The van der Waals surface area contributed by atoms with Gasteiger partial charge in [0.2, 0.25) is 0 Å². The molecule has 1 aromatic rings. The molecule has 2 aliphatic carbocycles. The molecule has 3 rings (SSSR count). The molecule has 18 heavy (non-hydrogen) atoms. The highest BCUT2D eigenvalue weighted by Crippen LogP contribution is 2.40. The first-order valence-electron chi connectivity index (χ1n) is 5.52. The summed E-state index contributed by atoms with van der Waals surface area (Å²) in [5.41, 5.74) is 0.692. The fraction of sp³-hybridized carbons (Fsp3) is 0.143. The fourth-order valence-electron chi connectivity index (χ4n) is 2.49. The lowest BCUT2D eigenvalue weighted by Crippen LogP contribution is -2.37. The molecule has 0 saturated carbocycles. The van der Waals surface area contributed by atoms with Crippen LogP contribution in [0.15, 0.2) is 41.5 Å². The lowest BCUT2D eigenvalue weighted by molar-refractivity contribution is 0.0798. The van der Waals surface area contributed by atoms with Crippen LogP contribution in [0.5, 0.6) is 0 Å². The van der Waals surface area contributed by atoms with Crippen molar-refractivity contribution in [3.05, 3.63) is 57.6 Å². The minimum absolute atomic E-state index is 0.136. The van der Waals surface area contributed by atoms with Crippen LogP contribution in [0.4, 0.5) is 0 Å². The van der Waals surface area contributed by atoms with Gasteiger partial charge in [-0.1, -0.05) is 47.5 Å². The summed E-state index contributed by atoms with van der Waals surface area (Å²) < 4.78 is 0. The lowest BCUT2D eigenvalue weighted by atomic mass is 9.72. The summed E-state index contributed by atoms with van der Waals surface area (Å²) in [5, 5.41) is 0.731. The summed E-state index contributed by atoms with van der Waals surface area (Å²) in [5.74, 6) is -1.39. The fourth-order valence-corrected chi connectivity index (χ4v) is 3.07. The van der Waals surface area contributed by atoms with Crippen molar-refractivity contribution in [1.29, 1.82) is 0 Å². The second kappa shape index (κ2) is 4.08. The van der Waals surface area contributed by atoms with Gasteiger partial charge in [-0.25, -0.2) is 0 Å². The predicted molar refractivity (Wildman–Crippen MR) is 70.2 cm³/mol. The van der Waals surface area contributed by atoms with E-state index in [0.717, 1.165) is 0 Å². The number of fused-ring (bicyclic) bond motifs is 2. The molecule has 4 heteroatoms. The number of rotatable bonds is 0. The van der Waals surface area contributed by atoms with Crippen molar-refractivity contribution in [2.75, 3.05) is 0 Å². The summed E-state index contributed by atoms with van der Waals surface area (Å²) in [6.07, 6.45) is 5.07. The summed E-state index contributed by atoms with van der Waals surface area (Å²) in [6, 6.07) is 4.92. The molecule has 2 unspecified atom stereocenters. The van der Waals surface area contributed by atoms with Gasteiger partial charge in [-0.05, 0) is 12.1 Å². The molecule has 1 aromatic carbocycles. The number of carbonyl (C=O) groups excluding carboxylic acids is 2. The number of halogens is 2. The Morgan fingerprint density at radius 2 is 1.83 bits per heavy atom. The summed E-state index contributed by atoms with van der Waals surface area (Å²) in [7, 11) is 0. The van der Waals surface area contributed by atoms with Crippen molar-refractivity contribution in [2.45, 2.75) is 0 Å². The molecule has 2 atom stereocenters. The van der Waals surface area contributed by atoms with Crippen molar-refractivity contribution in [1.82, 2.24) is 0 Å². The number of benzene rings is 1. The van der Waals surface area contributed by atoms with Gasteiger partial charge in [0.15, 0.2) is 11.6 Å². The van der Waals surface area contributed by atoms with Crippen LogP contribution >= 0.6 is 23.2 Å². The standard InChI is InChI=1S/C14H8Cl2O2/c15-9-5-1-3-7-11(9)14(18)8-4-2-6-10(16)12(8)13(7)17/h1-7,11H. The Labute approximate surface area is 114 Å². The number of carbonyl (C=O) groups is 2. The topological polar surface area (TPSA) is 34.1 Å². The van der Waals surface area contributed by atoms with Crippen molar-refractivity contribution in [3.8, 4) is 0 Å². The van der Waals surface area contributed by atoms with Crippen LogP contribution in [0.1, 0.15) is 20.7 Å². The Morgan fingerprint density at radius 3 is 2.61 bits per heavy atom. The van der Waals surface area contributed by atoms with Crippen LogP contribution in [-0.2, 0) is 0 Å². The van der Waals surface area contributed by atoms with Crippen LogP contribution < -0.4 is 0 Å². The monoisotopic (exact) mass is 278 g/mol. The van der Waals surface area contributed by atoms with Crippen LogP contribution in [0.25, 0.3) is 0 Å². The molecule has 0 amide bonds. The zero-order valence-corrected chi connectivity index (χ0v) is 10.7. The van der Waals surface area contributed by atoms with Gasteiger partial charge in [0, 0.05) is 16.2 Å². The second-order valence-corrected chi connectivity index (χ2v) is 5.17. The van der Waals surface area contributed by atoms with Crippen LogP contribution in [0.2, 0.25) is 5.02 Å². The van der Waals surface area contributed by atoms with Gasteiger partial charge >= 0.3 is 0 Å². The second-order valence-electron chi connectivity index (χ2n) is 4.33. The van der Waals surface area contributed by atoms with E-state index in [1.165, 1.54) is 0 Å². The average molecular weight is 279 g/mol. The molecule has 0 fully saturated rings. The van der Waals surface area contributed by atoms with E-state index in [4.69, 9.17) is 23.2 Å². The zero-order chi connectivity index (χ0) is 12.9. The number of hydrogen-bond acceptors (Lipinski definition) is 2. The average Bonchev–Trinajstić information content (AvgIpc) is 2.35. The number of hydrogen-bond donors (Lipinski definition) is 0. The normalized spacial score (nSPS) is 25.6. The first-order valence-corrected chi connectivity index (χ1v) is 6.27. The molecule has 90 valence electrons.